The van der Waals surface area contributed by atoms with E-state index in [-0.39, 0.29) is 4.90 Å². The molecule has 18 heavy (non-hydrogen) atoms. The molecule has 0 aliphatic heterocycles. The van der Waals surface area contributed by atoms with Gasteiger partial charge < -0.3 is 0 Å². The van der Waals surface area contributed by atoms with Crippen molar-refractivity contribution in [2.75, 3.05) is 0 Å². The topological polar surface area (TPSA) is 46.5 Å². The molecule has 2 rings (SSSR count). The van der Waals surface area contributed by atoms with E-state index in [9.17, 15) is 8.42 Å². The van der Waals surface area contributed by atoms with Crippen molar-refractivity contribution in [2.45, 2.75) is 4.90 Å². The van der Waals surface area contributed by atoms with Crippen LogP contribution in [0.2, 0.25) is 0 Å². The molecule has 0 radical (unpaired) electrons. The van der Waals surface area contributed by atoms with Crippen molar-refractivity contribution in [2.24, 2.45) is 4.40 Å². The average molecular weight is 257 g/mol. The number of nitrogens with zero attached hydrogens (tertiary/aromatic N) is 1. The molecule has 90 valence electrons. The Bertz CT molecular complexity index is 670. The van der Waals surface area contributed by atoms with Crippen molar-refractivity contribution in [3.8, 4) is 0 Å². The van der Waals surface area contributed by atoms with E-state index in [0.29, 0.717) is 0 Å². The third-order valence-corrected chi connectivity index (χ3v) is 3.46. The minimum Gasteiger partial charge on any atom is -0.199 e. The minimum atomic E-state index is -3.65. The van der Waals surface area contributed by atoms with Crippen LogP contribution in [0.1, 0.15) is 5.56 Å². The highest BCUT2D eigenvalue weighted by Gasteiger charge is 2.09. The van der Waals surface area contributed by atoms with Crippen LogP contribution in [-0.2, 0) is 10.0 Å². The molecule has 0 spiro atoms. The molecule has 3 nitrogen and oxygen atoms in total. The predicted octanol–water partition coefficient (Wildman–Crippen LogP) is 2.76. The SMILES string of the molecule is O=S(=O)(N=C=Cc1ccccc1)c1ccccc1. The summed E-state index contributed by atoms with van der Waals surface area (Å²) in [6.45, 7) is 0. The molecule has 4 heteroatoms. The molecule has 0 bridgehead atoms. The van der Waals surface area contributed by atoms with Gasteiger partial charge in [-0.25, -0.2) is 0 Å². The zero-order valence-corrected chi connectivity index (χ0v) is 10.3. The summed E-state index contributed by atoms with van der Waals surface area (Å²) in [5.41, 5.74) is 0.851. The lowest BCUT2D eigenvalue weighted by Gasteiger charge is -1.94. The van der Waals surface area contributed by atoms with E-state index in [4.69, 9.17) is 0 Å². The molecule has 2 aromatic carbocycles. The first-order valence-corrected chi connectivity index (χ1v) is 6.78. The van der Waals surface area contributed by atoms with Crippen LogP contribution < -0.4 is 0 Å². The summed E-state index contributed by atoms with van der Waals surface area (Å²) < 4.78 is 27.0. The van der Waals surface area contributed by atoms with E-state index in [1.165, 1.54) is 18.2 Å². The summed E-state index contributed by atoms with van der Waals surface area (Å²) in [4.78, 5) is 0.166. The second-order valence-corrected chi connectivity index (χ2v) is 5.17. The molecule has 0 aliphatic carbocycles. The van der Waals surface area contributed by atoms with Crippen LogP contribution in [0.15, 0.2) is 70.0 Å². The van der Waals surface area contributed by atoms with Crippen molar-refractivity contribution in [1.29, 1.82) is 0 Å². The summed E-state index contributed by atoms with van der Waals surface area (Å²) in [6, 6.07) is 17.4. The van der Waals surface area contributed by atoms with Gasteiger partial charge >= 0.3 is 0 Å². The normalized spacial score (nSPS) is 10.4. The fourth-order valence-corrected chi connectivity index (χ4v) is 2.16. The summed E-state index contributed by atoms with van der Waals surface area (Å²) in [5.74, 6) is 2.45. The van der Waals surface area contributed by atoms with E-state index in [0.717, 1.165) is 5.56 Å². The van der Waals surface area contributed by atoms with Crippen molar-refractivity contribution in [1.82, 2.24) is 0 Å². The highest BCUT2D eigenvalue weighted by molar-refractivity contribution is 7.90. The van der Waals surface area contributed by atoms with E-state index in [1.807, 2.05) is 30.3 Å². The number of hydrogen-bond donors (Lipinski definition) is 0. The largest absolute Gasteiger partial charge is 0.289 e. The molecule has 0 saturated heterocycles. The van der Waals surface area contributed by atoms with Gasteiger partial charge in [-0.2, -0.15) is 8.42 Å². The molecule has 2 aromatic rings. The molecule has 0 aromatic heterocycles. The van der Waals surface area contributed by atoms with Gasteiger partial charge in [0.15, 0.2) is 0 Å². The molecule has 0 unspecified atom stereocenters. The molecule has 0 saturated carbocycles. The lowest BCUT2D eigenvalue weighted by Crippen LogP contribution is -1.95. The Morgan fingerprint density at radius 1 is 0.889 bits per heavy atom. The van der Waals surface area contributed by atoms with Crippen molar-refractivity contribution in [3.05, 3.63) is 66.2 Å². The van der Waals surface area contributed by atoms with Crippen molar-refractivity contribution in [3.63, 3.8) is 0 Å². The van der Waals surface area contributed by atoms with Gasteiger partial charge in [0, 0.05) is 11.9 Å². The third kappa shape index (κ3) is 3.17. The van der Waals surface area contributed by atoms with Crippen LogP contribution in [0.5, 0.6) is 0 Å². The van der Waals surface area contributed by atoms with E-state index in [2.05, 4.69) is 10.3 Å². The fraction of sp³-hybridized carbons (Fsp3) is 0. The zero-order valence-electron chi connectivity index (χ0n) is 9.52. The van der Waals surface area contributed by atoms with Gasteiger partial charge in [0.1, 0.15) is 0 Å². The van der Waals surface area contributed by atoms with Crippen LogP contribution >= 0.6 is 0 Å². The minimum absolute atomic E-state index is 0.166. The quantitative estimate of drug-likeness (QED) is 0.794. The van der Waals surface area contributed by atoms with Crippen molar-refractivity contribution >= 4 is 22.0 Å². The van der Waals surface area contributed by atoms with Crippen LogP contribution in [0.3, 0.4) is 0 Å². The molecule has 0 heterocycles. The molecule has 0 amide bonds. The average Bonchev–Trinajstić information content (AvgIpc) is 2.41. The summed E-state index contributed by atoms with van der Waals surface area (Å²) >= 11 is 0. The second-order valence-electron chi connectivity index (χ2n) is 3.56. The van der Waals surface area contributed by atoms with Crippen LogP contribution in [0.4, 0.5) is 0 Å². The molecule has 0 aliphatic rings. The van der Waals surface area contributed by atoms with Crippen LogP contribution in [0, 0.1) is 0 Å². The van der Waals surface area contributed by atoms with Gasteiger partial charge in [-0.3, -0.25) is 0 Å². The van der Waals surface area contributed by atoms with Gasteiger partial charge in [0.2, 0.25) is 0 Å². The first-order chi connectivity index (χ1) is 8.68. The van der Waals surface area contributed by atoms with E-state index < -0.39 is 10.0 Å². The Hall–Kier alpha value is -2.16. The maximum absolute atomic E-state index is 11.8. The summed E-state index contributed by atoms with van der Waals surface area (Å²) in [7, 11) is -3.65. The van der Waals surface area contributed by atoms with Gasteiger partial charge in [0.05, 0.1) is 4.90 Å². The van der Waals surface area contributed by atoms with Gasteiger partial charge in [-0.15, -0.1) is 4.40 Å². The number of sulfonamides is 1. The second kappa shape index (κ2) is 5.45. The fourth-order valence-electron chi connectivity index (χ4n) is 1.36. The lowest BCUT2D eigenvalue weighted by molar-refractivity contribution is 0.598. The zero-order chi connectivity index (χ0) is 12.8. The summed E-state index contributed by atoms with van der Waals surface area (Å²) in [5, 5.41) is 0. The highest BCUT2D eigenvalue weighted by atomic mass is 32.2. The molecule has 0 fully saturated rings. The van der Waals surface area contributed by atoms with E-state index in [1.54, 1.807) is 18.2 Å². The van der Waals surface area contributed by atoms with Gasteiger partial charge in [0.25, 0.3) is 10.0 Å². The number of rotatable bonds is 3. The van der Waals surface area contributed by atoms with Crippen LogP contribution in [0.25, 0.3) is 6.08 Å². The Morgan fingerprint density at radius 2 is 1.44 bits per heavy atom. The monoisotopic (exact) mass is 257 g/mol. The Morgan fingerprint density at radius 3 is 2.06 bits per heavy atom. The molecule has 0 N–H and O–H groups in total. The molecular formula is C14H11NO2S. The maximum atomic E-state index is 11.8. The number of hydrogen-bond acceptors (Lipinski definition) is 2. The van der Waals surface area contributed by atoms with Crippen molar-refractivity contribution < 1.29 is 8.42 Å². The summed E-state index contributed by atoms with van der Waals surface area (Å²) in [6.07, 6.45) is 1.53. The first-order valence-electron chi connectivity index (χ1n) is 5.34. The predicted molar refractivity (Wildman–Crippen MR) is 72.0 cm³/mol. The van der Waals surface area contributed by atoms with E-state index >= 15 is 0 Å². The van der Waals surface area contributed by atoms with Gasteiger partial charge in [-0.05, 0) is 17.7 Å². The van der Waals surface area contributed by atoms with Gasteiger partial charge in [-0.1, -0.05) is 48.5 Å². The Kier molecular flexibility index (Phi) is 3.72. The first kappa shape index (κ1) is 12.3. The third-order valence-electron chi connectivity index (χ3n) is 2.24. The number of benzene rings is 2. The smallest absolute Gasteiger partial charge is 0.199 e. The standard InChI is InChI=1S/C14H11NO2S/c16-18(17,14-9-5-2-6-10-14)15-12-11-13-7-3-1-4-8-13/h1-11H. The highest BCUT2D eigenvalue weighted by Crippen LogP contribution is 2.10. The Labute approximate surface area is 106 Å². The molecular weight excluding hydrogens is 246 g/mol. The molecule has 0 atom stereocenters. The maximum Gasteiger partial charge on any atom is 0.289 e. The Balaban J connectivity index is 2.27. The lowest BCUT2D eigenvalue weighted by atomic mass is 10.2. The van der Waals surface area contributed by atoms with Crippen LogP contribution in [-0.4, -0.2) is 14.3 Å².